The second-order valence-electron chi connectivity index (χ2n) is 4.01. The van der Waals surface area contributed by atoms with Gasteiger partial charge in [0.05, 0.1) is 0 Å². The molecule has 0 aliphatic rings. The average Bonchev–Trinajstić information content (AvgIpc) is 2.77. The Labute approximate surface area is 124 Å². The van der Waals surface area contributed by atoms with Crippen LogP contribution in [0.25, 0.3) is 15.5 Å². The molecule has 0 fully saturated rings. The molecule has 0 atom stereocenters. The van der Waals surface area contributed by atoms with E-state index >= 15 is 0 Å². The molecular formula is C13H7ClN2O3Se. The molecule has 3 rings (SSSR count). The number of nitrogens with zero attached hydrogens (tertiary/aromatic N) is 2. The number of carboxylic acids is 1. The molecule has 0 saturated heterocycles. The normalized spacial score (nSPS) is 10.8. The Morgan fingerprint density at radius 2 is 2.10 bits per heavy atom. The van der Waals surface area contributed by atoms with Crippen LogP contribution in [0.3, 0.4) is 0 Å². The van der Waals surface area contributed by atoms with Gasteiger partial charge in [-0.1, -0.05) is 0 Å². The summed E-state index contributed by atoms with van der Waals surface area (Å²) in [6.07, 6.45) is 1.26. The second-order valence-corrected chi connectivity index (χ2v) is 6.49. The zero-order valence-electron chi connectivity index (χ0n) is 9.91. The number of halogens is 1. The van der Waals surface area contributed by atoms with Gasteiger partial charge in [-0.05, 0) is 0 Å². The van der Waals surface area contributed by atoms with Gasteiger partial charge in [0.1, 0.15) is 0 Å². The summed E-state index contributed by atoms with van der Waals surface area (Å²) in [5, 5.41) is 9.76. The molecule has 0 radical (unpaired) electrons. The van der Waals surface area contributed by atoms with Gasteiger partial charge in [0.15, 0.2) is 0 Å². The number of fused-ring (bicyclic) bond motifs is 1. The monoisotopic (exact) mass is 354 g/mol. The summed E-state index contributed by atoms with van der Waals surface area (Å²) >= 11 is 5.54. The van der Waals surface area contributed by atoms with E-state index in [1.807, 2.05) is 12.1 Å². The van der Waals surface area contributed by atoms with Gasteiger partial charge in [0.2, 0.25) is 0 Å². The van der Waals surface area contributed by atoms with Crippen molar-refractivity contribution in [3.63, 3.8) is 0 Å². The molecule has 0 spiro atoms. The first kappa shape index (κ1) is 13.1. The van der Waals surface area contributed by atoms with Gasteiger partial charge < -0.3 is 0 Å². The maximum absolute atomic E-state index is 12.3. The van der Waals surface area contributed by atoms with Gasteiger partial charge in [-0.2, -0.15) is 0 Å². The number of rotatable bonds is 2. The van der Waals surface area contributed by atoms with Crippen molar-refractivity contribution in [2.24, 2.45) is 0 Å². The summed E-state index contributed by atoms with van der Waals surface area (Å²) in [5.41, 5.74) is -0.219. The van der Waals surface area contributed by atoms with Crippen LogP contribution in [0.15, 0.2) is 41.3 Å². The third kappa shape index (κ3) is 2.08. The average molecular weight is 354 g/mol. The Bertz CT molecular complexity index is 885. The number of aromatic nitrogens is 2. The molecule has 0 bridgehead atoms. The van der Waals surface area contributed by atoms with E-state index in [9.17, 15) is 9.59 Å². The zero-order chi connectivity index (χ0) is 14.3. The van der Waals surface area contributed by atoms with Crippen molar-refractivity contribution in [3.8, 4) is 5.82 Å². The van der Waals surface area contributed by atoms with E-state index in [0.29, 0.717) is 11.2 Å². The first-order chi connectivity index (χ1) is 9.58. The molecule has 0 aliphatic carbocycles. The van der Waals surface area contributed by atoms with Crippen molar-refractivity contribution < 1.29 is 9.90 Å². The summed E-state index contributed by atoms with van der Waals surface area (Å²) in [6, 6.07) is 8.65. The molecule has 1 N–H and O–H groups in total. The van der Waals surface area contributed by atoms with E-state index in [4.69, 9.17) is 16.7 Å². The van der Waals surface area contributed by atoms with E-state index in [1.54, 1.807) is 12.1 Å². The molecular weight excluding hydrogens is 347 g/mol. The summed E-state index contributed by atoms with van der Waals surface area (Å²) in [4.78, 5) is 27.4. The van der Waals surface area contributed by atoms with Gasteiger partial charge in [-0.3, -0.25) is 0 Å². The summed E-state index contributed by atoms with van der Waals surface area (Å²) in [7, 11) is 0. The number of pyridine rings is 1. The number of aromatic carboxylic acids is 1. The fourth-order valence-corrected chi connectivity index (χ4v) is 4.03. The predicted octanol–water partition coefficient (Wildman–Crippen LogP) is 1.79. The number of carboxylic acid groups (broad SMARTS) is 1. The van der Waals surface area contributed by atoms with Gasteiger partial charge >= 0.3 is 124 Å². The molecule has 100 valence electrons. The second kappa shape index (κ2) is 4.90. The zero-order valence-corrected chi connectivity index (χ0v) is 12.4. The van der Waals surface area contributed by atoms with Crippen molar-refractivity contribution in [3.05, 3.63) is 57.5 Å². The number of hydrogen-bond acceptors (Lipinski definition) is 3. The summed E-state index contributed by atoms with van der Waals surface area (Å²) in [5.74, 6) is -0.830. The standard InChI is InChI=1S/C13H7ClN2O3Se/c14-9-6-15-11(5-8(9)13(18)19)16-12(17)7-3-1-2-4-10(7)20-16/h1-6H,(H,18,19). The van der Waals surface area contributed by atoms with Crippen LogP contribution in [0.2, 0.25) is 5.02 Å². The van der Waals surface area contributed by atoms with E-state index in [0.717, 1.165) is 4.26 Å². The van der Waals surface area contributed by atoms with Crippen LogP contribution in [0.1, 0.15) is 10.4 Å². The molecule has 7 heteroatoms. The Morgan fingerprint density at radius 3 is 2.80 bits per heavy atom. The minimum absolute atomic E-state index is 0.0536. The van der Waals surface area contributed by atoms with Crippen molar-refractivity contribution in [1.29, 1.82) is 0 Å². The molecule has 0 amide bonds. The summed E-state index contributed by atoms with van der Waals surface area (Å²) in [6.45, 7) is 0. The molecule has 3 aromatic rings. The molecule has 5 nitrogen and oxygen atoms in total. The Morgan fingerprint density at radius 1 is 1.35 bits per heavy atom. The first-order valence-corrected chi connectivity index (χ1v) is 7.58. The third-order valence-electron chi connectivity index (χ3n) is 2.77. The first-order valence-electron chi connectivity index (χ1n) is 5.58. The van der Waals surface area contributed by atoms with E-state index in [1.165, 1.54) is 15.8 Å². The van der Waals surface area contributed by atoms with Gasteiger partial charge in [0, 0.05) is 0 Å². The maximum atomic E-state index is 12.3. The predicted molar refractivity (Wildman–Crippen MR) is 76.2 cm³/mol. The van der Waals surface area contributed by atoms with E-state index in [-0.39, 0.29) is 30.9 Å². The van der Waals surface area contributed by atoms with Crippen LogP contribution < -0.4 is 5.56 Å². The SMILES string of the molecule is O=C(O)c1cc(-n2[se]c3ccccc3c2=O)ncc1Cl. The minimum atomic E-state index is -1.14. The van der Waals surface area contributed by atoms with Gasteiger partial charge in [-0.15, -0.1) is 0 Å². The van der Waals surface area contributed by atoms with Crippen LogP contribution in [0, 0.1) is 0 Å². The molecule has 2 heterocycles. The number of carbonyl (C=O) groups is 1. The molecule has 20 heavy (non-hydrogen) atoms. The Kier molecular flexibility index (Phi) is 3.22. The fourth-order valence-electron chi connectivity index (χ4n) is 1.83. The van der Waals surface area contributed by atoms with Gasteiger partial charge in [0.25, 0.3) is 0 Å². The van der Waals surface area contributed by atoms with Crippen LogP contribution in [-0.4, -0.2) is 34.4 Å². The summed E-state index contributed by atoms with van der Waals surface area (Å²) < 4.78 is 2.46. The van der Waals surface area contributed by atoms with Crippen molar-refractivity contribution >= 4 is 41.9 Å². The topological polar surface area (TPSA) is 72.2 Å². The van der Waals surface area contributed by atoms with Crippen molar-refractivity contribution in [2.45, 2.75) is 0 Å². The Balaban J connectivity index is 2.26. The van der Waals surface area contributed by atoms with Crippen LogP contribution in [-0.2, 0) is 0 Å². The number of hydrogen-bond donors (Lipinski definition) is 1. The van der Waals surface area contributed by atoms with E-state index in [2.05, 4.69) is 4.98 Å². The van der Waals surface area contributed by atoms with E-state index < -0.39 is 5.97 Å². The Hall–Kier alpha value is -1.88. The molecule has 0 aliphatic heterocycles. The van der Waals surface area contributed by atoms with Crippen molar-refractivity contribution in [1.82, 2.24) is 8.55 Å². The molecule has 1 aromatic carbocycles. The number of benzene rings is 1. The van der Waals surface area contributed by atoms with Gasteiger partial charge in [-0.25, -0.2) is 0 Å². The molecule has 0 unspecified atom stereocenters. The fraction of sp³-hybridized carbons (Fsp3) is 0. The third-order valence-corrected chi connectivity index (χ3v) is 5.36. The molecule has 0 saturated carbocycles. The van der Waals surface area contributed by atoms with Crippen LogP contribution in [0.5, 0.6) is 0 Å². The quantitative estimate of drug-likeness (QED) is 0.713. The van der Waals surface area contributed by atoms with Crippen LogP contribution in [0.4, 0.5) is 0 Å². The molecule has 2 aromatic heterocycles. The van der Waals surface area contributed by atoms with Crippen molar-refractivity contribution in [2.75, 3.05) is 0 Å². The van der Waals surface area contributed by atoms with Crippen LogP contribution >= 0.6 is 11.6 Å².